The zero-order valence-electron chi connectivity index (χ0n) is 22.8. The number of nitrogens with one attached hydrogen (secondary N) is 1. The average Bonchev–Trinajstić information content (AvgIpc) is 3.31. The maximum atomic E-state index is 13.2. The molecule has 3 aromatic carbocycles. The minimum absolute atomic E-state index is 0.0271. The quantitative estimate of drug-likeness (QED) is 0.220. The molecule has 4 rings (SSSR count). The lowest BCUT2D eigenvalue weighted by Gasteiger charge is -2.22. The van der Waals surface area contributed by atoms with Gasteiger partial charge in [0.1, 0.15) is 18.1 Å². The Morgan fingerprint density at radius 1 is 0.975 bits per heavy atom. The third-order valence-corrected chi connectivity index (χ3v) is 7.48. The van der Waals surface area contributed by atoms with Gasteiger partial charge in [-0.2, -0.15) is 12.7 Å². The molecule has 0 unspecified atom stereocenters. The first-order chi connectivity index (χ1) is 19.2. The number of rotatable bonds is 13. The molecule has 210 valence electrons. The van der Waals surface area contributed by atoms with Crippen LogP contribution in [0, 0.1) is 13.8 Å². The summed E-state index contributed by atoms with van der Waals surface area (Å²) in [4.78, 5) is 16.8. The Morgan fingerprint density at radius 3 is 2.35 bits per heavy atom. The van der Waals surface area contributed by atoms with Crippen molar-refractivity contribution in [3.8, 4) is 17.2 Å². The fraction of sp³-hybridized carbons (Fsp3) is 0.267. The van der Waals surface area contributed by atoms with Crippen LogP contribution in [0.2, 0.25) is 0 Å². The van der Waals surface area contributed by atoms with Gasteiger partial charge in [0.25, 0.3) is 0 Å². The second-order valence-corrected chi connectivity index (χ2v) is 10.8. The standard InChI is InChI=1S/C30H33N3O6S/c1-4-37-29(34)21-33(40(35,36)32-26-14-10-22(2)11-15-26)20-24-12-16-27(17-13-24)38-19-18-28-23(3)39-30(31-28)25-8-6-5-7-9-25/h5-17,32H,4,18-21H2,1-3H3. The van der Waals surface area contributed by atoms with Crippen molar-refractivity contribution in [2.24, 2.45) is 0 Å². The highest BCUT2D eigenvalue weighted by atomic mass is 32.2. The second kappa shape index (κ2) is 13.3. The number of nitrogens with zero attached hydrogens (tertiary/aromatic N) is 2. The molecule has 10 heteroatoms. The van der Waals surface area contributed by atoms with Gasteiger partial charge in [-0.1, -0.05) is 48.0 Å². The highest BCUT2D eigenvalue weighted by molar-refractivity contribution is 7.90. The Hall–Kier alpha value is -4.15. The Kier molecular flexibility index (Phi) is 9.57. The van der Waals surface area contributed by atoms with Crippen LogP contribution in [0.4, 0.5) is 5.69 Å². The van der Waals surface area contributed by atoms with E-state index < -0.39 is 22.7 Å². The van der Waals surface area contributed by atoms with Crippen LogP contribution in [0.15, 0.2) is 83.3 Å². The van der Waals surface area contributed by atoms with Gasteiger partial charge in [-0.15, -0.1) is 0 Å². The number of carbonyl (C=O) groups excluding carboxylic acids is 1. The molecule has 4 aromatic rings. The van der Waals surface area contributed by atoms with Crippen LogP contribution < -0.4 is 9.46 Å². The monoisotopic (exact) mass is 563 g/mol. The van der Waals surface area contributed by atoms with Crippen molar-refractivity contribution in [2.75, 3.05) is 24.5 Å². The molecule has 0 aliphatic carbocycles. The first-order valence-corrected chi connectivity index (χ1v) is 14.4. The Labute approximate surface area is 234 Å². The third-order valence-electron chi connectivity index (χ3n) is 6.05. The molecule has 0 aliphatic heterocycles. The summed E-state index contributed by atoms with van der Waals surface area (Å²) in [6, 6.07) is 23.7. The van der Waals surface area contributed by atoms with Gasteiger partial charge in [0, 0.05) is 24.2 Å². The van der Waals surface area contributed by atoms with Crippen molar-refractivity contribution < 1.29 is 27.1 Å². The first-order valence-electron chi connectivity index (χ1n) is 13.0. The van der Waals surface area contributed by atoms with Gasteiger partial charge < -0.3 is 13.9 Å². The van der Waals surface area contributed by atoms with Crippen molar-refractivity contribution in [1.82, 2.24) is 9.29 Å². The van der Waals surface area contributed by atoms with E-state index in [0.717, 1.165) is 26.9 Å². The lowest BCUT2D eigenvalue weighted by molar-refractivity contribution is -0.143. The fourth-order valence-corrected chi connectivity index (χ4v) is 5.09. The van der Waals surface area contributed by atoms with Gasteiger partial charge in [0.2, 0.25) is 5.89 Å². The molecule has 0 saturated carbocycles. The number of hydrogen-bond donors (Lipinski definition) is 1. The molecule has 0 amide bonds. The van der Waals surface area contributed by atoms with E-state index in [0.29, 0.717) is 35.9 Å². The van der Waals surface area contributed by atoms with E-state index in [1.165, 1.54) is 0 Å². The minimum Gasteiger partial charge on any atom is -0.493 e. The summed E-state index contributed by atoms with van der Waals surface area (Å²) in [5.41, 5.74) is 3.84. The highest BCUT2D eigenvalue weighted by Crippen LogP contribution is 2.22. The fourth-order valence-electron chi connectivity index (χ4n) is 3.94. The third kappa shape index (κ3) is 7.93. The number of anilines is 1. The molecule has 0 radical (unpaired) electrons. The van der Waals surface area contributed by atoms with Crippen molar-refractivity contribution in [2.45, 2.75) is 33.7 Å². The molecule has 0 bridgehead atoms. The van der Waals surface area contributed by atoms with Crippen molar-refractivity contribution in [3.63, 3.8) is 0 Å². The second-order valence-electron chi connectivity index (χ2n) is 9.18. The topological polar surface area (TPSA) is 111 Å². The van der Waals surface area contributed by atoms with Gasteiger partial charge in [-0.05, 0) is 62.7 Å². The molecule has 40 heavy (non-hydrogen) atoms. The minimum atomic E-state index is -4.04. The molecule has 1 aromatic heterocycles. The van der Waals surface area contributed by atoms with Crippen LogP contribution in [0.1, 0.15) is 29.5 Å². The summed E-state index contributed by atoms with van der Waals surface area (Å²) >= 11 is 0. The van der Waals surface area contributed by atoms with Crippen LogP contribution in [-0.2, 0) is 32.7 Å². The van der Waals surface area contributed by atoms with Gasteiger partial charge >= 0.3 is 16.2 Å². The van der Waals surface area contributed by atoms with E-state index in [1.807, 2.05) is 44.2 Å². The van der Waals surface area contributed by atoms with Gasteiger partial charge in [-0.3, -0.25) is 9.52 Å². The predicted molar refractivity (Wildman–Crippen MR) is 153 cm³/mol. The molecule has 0 spiro atoms. The largest absolute Gasteiger partial charge is 0.493 e. The Balaban J connectivity index is 1.38. The van der Waals surface area contributed by atoms with E-state index in [2.05, 4.69) is 9.71 Å². The van der Waals surface area contributed by atoms with Gasteiger partial charge in [0.15, 0.2) is 0 Å². The van der Waals surface area contributed by atoms with Crippen LogP contribution in [0.5, 0.6) is 5.75 Å². The number of benzene rings is 3. The highest BCUT2D eigenvalue weighted by Gasteiger charge is 2.26. The number of aryl methyl sites for hydroxylation is 2. The van der Waals surface area contributed by atoms with Crippen LogP contribution in [0.25, 0.3) is 11.5 Å². The van der Waals surface area contributed by atoms with E-state index in [-0.39, 0.29) is 13.2 Å². The van der Waals surface area contributed by atoms with Crippen LogP contribution >= 0.6 is 0 Å². The molecule has 1 N–H and O–H groups in total. The number of hydrogen-bond acceptors (Lipinski definition) is 7. The van der Waals surface area contributed by atoms with Crippen molar-refractivity contribution in [1.29, 1.82) is 0 Å². The zero-order valence-corrected chi connectivity index (χ0v) is 23.6. The smallest absolute Gasteiger partial charge is 0.321 e. The number of carbonyl (C=O) groups is 1. The van der Waals surface area contributed by atoms with E-state index >= 15 is 0 Å². The maximum Gasteiger partial charge on any atom is 0.321 e. The summed E-state index contributed by atoms with van der Waals surface area (Å²) in [6.07, 6.45) is 0.570. The summed E-state index contributed by atoms with van der Waals surface area (Å²) in [5.74, 6) is 1.33. The Bertz CT molecular complexity index is 1500. The number of ether oxygens (including phenoxy) is 2. The number of esters is 1. The first kappa shape index (κ1) is 28.8. The van der Waals surface area contributed by atoms with Gasteiger partial charge in [0.05, 0.1) is 18.9 Å². The van der Waals surface area contributed by atoms with Crippen molar-refractivity contribution in [3.05, 3.63) is 101 Å². The lowest BCUT2D eigenvalue weighted by Crippen LogP contribution is -2.39. The van der Waals surface area contributed by atoms with Gasteiger partial charge in [-0.25, -0.2) is 4.98 Å². The average molecular weight is 564 g/mol. The van der Waals surface area contributed by atoms with Crippen LogP contribution in [-0.4, -0.2) is 43.4 Å². The summed E-state index contributed by atoms with van der Waals surface area (Å²) in [7, 11) is -4.04. The Morgan fingerprint density at radius 2 is 1.68 bits per heavy atom. The summed E-state index contributed by atoms with van der Waals surface area (Å²) < 4.78 is 46.6. The van der Waals surface area contributed by atoms with Crippen LogP contribution in [0.3, 0.4) is 0 Å². The molecule has 1 heterocycles. The van der Waals surface area contributed by atoms with E-state index in [9.17, 15) is 13.2 Å². The molecule has 0 atom stereocenters. The predicted octanol–water partition coefficient (Wildman–Crippen LogP) is 5.30. The lowest BCUT2D eigenvalue weighted by atomic mass is 10.2. The maximum absolute atomic E-state index is 13.2. The molecule has 0 fully saturated rings. The molecule has 0 saturated heterocycles. The number of oxazole rings is 1. The molecule has 9 nitrogen and oxygen atoms in total. The molecule has 0 aliphatic rings. The zero-order chi connectivity index (χ0) is 28.5. The number of aromatic nitrogens is 1. The van der Waals surface area contributed by atoms with Crippen molar-refractivity contribution >= 4 is 21.9 Å². The summed E-state index contributed by atoms with van der Waals surface area (Å²) in [6.45, 7) is 5.57. The van der Waals surface area contributed by atoms with E-state index in [1.54, 1.807) is 55.5 Å². The summed E-state index contributed by atoms with van der Waals surface area (Å²) in [5, 5.41) is 0. The van der Waals surface area contributed by atoms with E-state index in [4.69, 9.17) is 13.9 Å². The normalized spacial score (nSPS) is 11.4. The molecular formula is C30H33N3O6S. The SMILES string of the molecule is CCOC(=O)CN(Cc1ccc(OCCc2nc(-c3ccccc3)oc2C)cc1)S(=O)(=O)Nc1ccc(C)cc1. The molecular weight excluding hydrogens is 530 g/mol.